The molecule has 19 heavy (non-hydrogen) atoms. The van der Waals surface area contributed by atoms with Gasteiger partial charge in [-0.3, -0.25) is 4.79 Å². The minimum atomic E-state index is 0.0885. The maximum atomic E-state index is 12.7. The summed E-state index contributed by atoms with van der Waals surface area (Å²) in [5.74, 6) is 1.09. The zero-order valence-electron chi connectivity index (χ0n) is 11.5. The molecule has 4 heteroatoms. The molecule has 106 valence electrons. The zero-order chi connectivity index (χ0) is 12.8. The van der Waals surface area contributed by atoms with Crippen LogP contribution in [0.3, 0.4) is 0 Å². The number of fused-ring (bicyclic) bond motifs is 3. The van der Waals surface area contributed by atoms with Crippen LogP contribution in [0.1, 0.15) is 44.9 Å². The Morgan fingerprint density at radius 1 is 1.05 bits per heavy atom. The highest BCUT2D eigenvalue weighted by molar-refractivity contribution is 5.82. The molecular formula is C15H24N2O2. The third-order valence-corrected chi connectivity index (χ3v) is 5.52. The van der Waals surface area contributed by atoms with Gasteiger partial charge in [-0.15, -0.1) is 0 Å². The summed E-state index contributed by atoms with van der Waals surface area (Å²) < 4.78 is 5.82. The number of likely N-dealkylation sites (tertiary alicyclic amines) is 1. The smallest absolute Gasteiger partial charge is 0.239 e. The predicted molar refractivity (Wildman–Crippen MR) is 71.8 cm³/mol. The van der Waals surface area contributed by atoms with Crippen LogP contribution in [-0.2, 0) is 9.53 Å². The Hall–Kier alpha value is -0.610. The molecule has 3 saturated heterocycles. The molecule has 0 aromatic carbocycles. The Balaban J connectivity index is 1.41. The van der Waals surface area contributed by atoms with Crippen LogP contribution in [0.4, 0.5) is 0 Å². The summed E-state index contributed by atoms with van der Waals surface area (Å²) in [5, 5.41) is 3.61. The van der Waals surface area contributed by atoms with Crippen LogP contribution in [0.2, 0.25) is 0 Å². The van der Waals surface area contributed by atoms with E-state index in [2.05, 4.69) is 10.2 Å². The van der Waals surface area contributed by atoms with Crippen LogP contribution >= 0.6 is 0 Å². The van der Waals surface area contributed by atoms with Crippen LogP contribution in [0, 0.1) is 5.92 Å². The average Bonchev–Trinajstić information content (AvgIpc) is 3.01. The van der Waals surface area contributed by atoms with E-state index in [-0.39, 0.29) is 6.04 Å². The van der Waals surface area contributed by atoms with Gasteiger partial charge in [-0.1, -0.05) is 12.8 Å². The van der Waals surface area contributed by atoms with E-state index in [1.807, 2.05) is 0 Å². The molecule has 0 aromatic rings. The molecule has 1 saturated carbocycles. The van der Waals surface area contributed by atoms with Gasteiger partial charge in [-0.05, 0) is 38.0 Å². The van der Waals surface area contributed by atoms with Gasteiger partial charge >= 0.3 is 0 Å². The number of rotatable bonds is 1. The van der Waals surface area contributed by atoms with E-state index in [1.54, 1.807) is 0 Å². The van der Waals surface area contributed by atoms with E-state index in [1.165, 1.54) is 25.7 Å². The van der Waals surface area contributed by atoms with Crippen LogP contribution in [-0.4, -0.2) is 48.2 Å². The lowest BCUT2D eigenvalue weighted by atomic mass is 9.85. The second-order valence-electron chi connectivity index (χ2n) is 6.81. The summed E-state index contributed by atoms with van der Waals surface area (Å²) in [6.45, 7) is 1.64. The first kappa shape index (κ1) is 12.2. The molecule has 5 atom stereocenters. The first-order chi connectivity index (χ1) is 9.29. The average molecular weight is 264 g/mol. The molecule has 3 aliphatic heterocycles. The lowest BCUT2D eigenvalue weighted by Crippen LogP contribution is -2.52. The number of amides is 1. The highest BCUT2D eigenvalue weighted by atomic mass is 16.5. The van der Waals surface area contributed by atoms with Crippen molar-refractivity contribution in [1.82, 2.24) is 10.2 Å². The summed E-state index contributed by atoms with van der Waals surface area (Å²) in [6.07, 6.45) is 9.23. The summed E-state index contributed by atoms with van der Waals surface area (Å²) in [7, 11) is 0. The van der Waals surface area contributed by atoms with Gasteiger partial charge in [0.15, 0.2) is 0 Å². The molecule has 1 N–H and O–H groups in total. The first-order valence-electron chi connectivity index (χ1n) is 8.00. The minimum absolute atomic E-state index is 0.0885. The van der Waals surface area contributed by atoms with Gasteiger partial charge in [0.2, 0.25) is 5.91 Å². The number of hydrogen-bond acceptors (Lipinski definition) is 3. The van der Waals surface area contributed by atoms with Crippen LogP contribution in [0.25, 0.3) is 0 Å². The summed E-state index contributed by atoms with van der Waals surface area (Å²) in [6, 6.07) is 0.700. The predicted octanol–water partition coefficient (Wildman–Crippen LogP) is 1.30. The summed E-state index contributed by atoms with van der Waals surface area (Å²) in [4.78, 5) is 14.7. The number of nitrogens with zero attached hydrogens (tertiary/aromatic N) is 1. The third-order valence-electron chi connectivity index (χ3n) is 5.52. The monoisotopic (exact) mass is 264 g/mol. The van der Waals surface area contributed by atoms with Gasteiger partial charge in [-0.2, -0.15) is 0 Å². The van der Waals surface area contributed by atoms with E-state index in [0.717, 1.165) is 38.3 Å². The molecule has 4 rings (SSSR count). The minimum Gasteiger partial charge on any atom is -0.371 e. The fraction of sp³-hybridized carbons (Fsp3) is 0.933. The zero-order valence-corrected chi connectivity index (χ0v) is 11.5. The maximum absolute atomic E-state index is 12.7. The largest absolute Gasteiger partial charge is 0.371 e. The molecule has 4 aliphatic rings. The van der Waals surface area contributed by atoms with Crippen molar-refractivity contribution in [3.63, 3.8) is 0 Å². The normalized spacial score (nSPS) is 45.3. The molecule has 4 nitrogen and oxygen atoms in total. The van der Waals surface area contributed by atoms with Crippen LogP contribution in [0.5, 0.6) is 0 Å². The maximum Gasteiger partial charge on any atom is 0.239 e. The second kappa shape index (κ2) is 4.74. The Bertz CT molecular complexity index is 347. The van der Waals surface area contributed by atoms with Crippen LogP contribution < -0.4 is 5.32 Å². The van der Waals surface area contributed by atoms with Crippen molar-refractivity contribution in [2.24, 2.45) is 5.92 Å². The Labute approximate surface area is 114 Å². The molecule has 1 aliphatic carbocycles. The standard InChI is InChI=1S/C15H24N2O2/c18-15(17-8-11-5-6-12(9-17)19-11)14-7-10-3-1-2-4-13(10)16-14/h10-14,16H,1-9H2. The molecule has 2 bridgehead atoms. The second-order valence-corrected chi connectivity index (χ2v) is 6.81. The number of ether oxygens (including phenoxy) is 1. The highest BCUT2D eigenvalue weighted by Gasteiger charge is 2.42. The van der Waals surface area contributed by atoms with Gasteiger partial charge in [0.05, 0.1) is 18.2 Å². The SMILES string of the molecule is O=C(C1CC2CCCCC2N1)N1CC2CCC(C1)O2. The first-order valence-corrected chi connectivity index (χ1v) is 8.00. The molecule has 4 fully saturated rings. The van der Waals surface area contributed by atoms with Crippen molar-refractivity contribution in [3.8, 4) is 0 Å². The molecule has 3 heterocycles. The summed E-state index contributed by atoms with van der Waals surface area (Å²) in [5.41, 5.74) is 0. The molecule has 5 unspecified atom stereocenters. The van der Waals surface area contributed by atoms with E-state index in [4.69, 9.17) is 4.74 Å². The van der Waals surface area contributed by atoms with Crippen molar-refractivity contribution in [3.05, 3.63) is 0 Å². The molecule has 0 aromatic heterocycles. The van der Waals surface area contributed by atoms with E-state index < -0.39 is 0 Å². The topological polar surface area (TPSA) is 41.6 Å². The number of carbonyl (C=O) groups excluding carboxylic acids is 1. The lowest BCUT2D eigenvalue weighted by molar-refractivity contribution is -0.141. The fourth-order valence-electron chi connectivity index (χ4n) is 4.53. The number of carbonyl (C=O) groups is 1. The van der Waals surface area contributed by atoms with Gasteiger partial charge < -0.3 is 15.0 Å². The van der Waals surface area contributed by atoms with Gasteiger partial charge in [0.1, 0.15) is 0 Å². The summed E-state index contributed by atoms with van der Waals surface area (Å²) >= 11 is 0. The lowest BCUT2D eigenvalue weighted by Gasteiger charge is -2.33. The Morgan fingerprint density at radius 3 is 2.53 bits per heavy atom. The number of hydrogen-bond donors (Lipinski definition) is 1. The van der Waals surface area contributed by atoms with E-state index in [0.29, 0.717) is 24.2 Å². The van der Waals surface area contributed by atoms with Crippen molar-refractivity contribution < 1.29 is 9.53 Å². The quantitative estimate of drug-likeness (QED) is 0.776. The van der Waals surface area contributed by atoms with E-state index in [9.17, 15) is 4.79 Å². The van der Waals surface area contributed by atoms with Crippen molar-refractivity contribution in [2.75, 3.05) is 13.1 Å². The van der Waals surface area contributed by atoms with Gasteiger partial charge in [-0.25, -0.2) is 0 Å². The van der Waals surface area contributed by atoms with Crippen molar-refractivity contribution in [1.29, 1.82) is 0 Å². The van der Waals surface area contributed by atoms with Crippen LogP contribution in [0.15, 0.2) is 0 Å². The molecule has 0 spiro atoms. The van der Waals surface area contributed by atoms with E-state index >= 15 is 0 Å². The van der Waals surface area contributed by atoms with Crippen molar-refractivity contribution in [2.45, 2.75) is 69.2 Å². The molecule has 0 radical (unpaired) electrons. The number of nitrogens with one attached hydrogen (secondary N) is 1. The molecule has 1 amide bonds. The Morgan fingerprint density at radius 2 is 1.79 bits per heavy atom. The van der Waals surface area contributed by atoms with Gasteiger partial charge in [0.25, 0.3) is 0 Å². The third kappa shape index (κ3) is 2.19. The molecular weight excluding hydrogens is 240 g/mol. The number of morpholine rings is 1. The fourth-order valence-corrected chi connectivity index (χ4v) is 4.53. The van der Waals surface area contributed by atoms with Crippen molar-refractivity contribution >= 4 is 5.91 Å². The Kier molecular flexibility index (Phi) is 3.03. The van der Waals surface area contributed by atoms with Gasteiger partial charge in [0, 0.05) is 19.1 Å². The highest BCUT2D eigenvalue weighted by Crippen LogP contribution is 2.34.